The Morgan fingerprint density at radius 1 is 1.44 bits per heavy atom. The largest absolute Gasteiger partial charge is 0.340 e. The minimum atomic E-state index is -0.0813. The second-order valence-corrected chi connectivity index (χ2v) is 4.26. The van der Waals surface area contributed by atoms with Crippen LogP contribution in [-0.4, -0.2) is 38.1 Å². The van der Waals surface area contributed by atoms with Crippen molar-refractivity contribution in [2.75, 3.05) is 7.05 Å². The summed E-state index contributed by atoms with van der Waals surface area (Å²) >= 11 is 6.04. The number of benzene rings is 1. The van der Waals surface area contributed by atoms with Crippen molar-refractivity contribution in [3.05, 3.63) is 41.2 Å². The Labute approximate surface area is 109 Å². The number of amides is 1. The Morgan fingerprint density at radius 3 is 2.89 bits per heavy atom. The first kappa shape index (κ1) is 12.5. The fourth-order valence-electron chi connectivity index (χ4n) is 1.48. The number of halogens is 1. The number of rotatable bonds is 4. The van der Waals surface area contributed by atoms with Gasteiger partial charge < -0.3 is 4.90 Å². The first-order chi connectivity index (χ1) is 8.66. The number of tetrazole rings is 1. The predicted octanol–water partition coefficient (Wildman–Crippen LogP) is 0.985. The van der Waals surface area contributed by atoms with E-state index in [-0.39, 0.29) is 12.5 Å². The number of nitrogens with zero attached hydrogens (tertiary/aromatic N) is 5. The highest BCUT2D eigenvalue weighted by atomic mass is 35.5. The maximum Gasteiger partial charge on any atom is 0.244 e. The summed E-state index contributed by atoms with van der Waals surface area (Å²) in [6, 6.07) is 7.44. The standard InChI is InChI=1S/C11H12ClN5O/c1-16(6-9-4-2-3-5-10(9)12)11(18)7-17-8-13-14-15-17/h2-5,8H,6-7H2,1H3. The van der Waals surface area contributed by atoms with E-state index in [0.29, 0.717) is 11.6 Å². The summed E-state index contributed by atoms with van der Waals surface area (Å²) in [5.74, 6) is -0.0813. The summed E-state index contributed by atoms with van der Waals surface area (Å²) in [5.41, 5.74) is 0.909. The van der Waals surface area contributed by atoms with Crippen LogP contribution in [0.2, 0.25) is 5.02 Å². The molecule has 6 nitrogen and oxygen atoms in total. The van der Waals surface area contributed by atoms with Gasteiger partial charge in [-0.15, -0.1) is 5.10 Å². The molecule has 2 aromatic rings. The van der Waals surface area contributed by atoms with Crippen LogP contribution in [0.4, 0.5) is 0 Å². The number of aromatic nitrogens is 4. The molecule has 0 unspecified atom stereocenters. The van der Waals surface area contributed by atoms with Crippen LogP contribution >= 0.6 is 11.6 Å². The molecule has 18 heavy (non-hydrogen) atoms. The normalized spacial score (nSPS) is 10.3. The zero-order valence-electron chi connectivity index (χ0n) is 9.82. The highest BCUT2D eigenvalue weighted by Gasteiger charge is 2.11. The molecule has 0 fully saturated rings. The Hall–Kier alpha value is -1.95. The fraction of sp³-hybridized carbons (Fsp3) is 0.273. The first-order valence-electron chi connectivity index (χ1n) is 5.35. The van der Waals surface area contributed by atoms with Crippen molar-refractivity contribution in [2.24, 2.45) is 0 Å². The SMILES string of the molecule is CN(Cc1ccccc1Cl)C(=O)Cn1cnnn1. The third kappa shape index (κ3) is 3.04. The van der Waals surface area contributed by atoms with Gasteiger partial charge in [0.2, 0.25) is 5.91 Å². The average Bonchev–Trinajstić information content (AvgIpc) is 2.84. The molecular formula is C11H12ClN5O. The Bertz CT molecular complexity index is 528. The number of hydrogen-bond donors (Lipinski definition) is 0. The van der Waals surface area contributed by atoms with Crippen molar-refractivity contribution >= 4 is 17.5 Å². The van der Waals surface area contributed by atoms with E-state index in [9.17, 15) is 4.79 Å². The Balaban J connectivity index is 1.97. The number of likely N-dealkylation sites (N-methyl/N-ethyl adjacent to an activating group) is 1. The summed E-state index contributed by atoms with van der Waals surface area (Å²) in [4.78, 5) is 13.5. The highest BCUT2D eigenvalue weighted by Crippen LogP contribution is 2.16. The quantitative estimate of drug-likeness (QED) is 0.827. The minimum absolute atomic E-state index is 0.0813. The molecule has 0 spiro atoms. The lowest BCUT2D eigenvalue weighted by atomic mass is 10.2. The van der Waals surface area contributed by atoms with Gasteiger partial charge in [0.15, 0.2) is 0 Å². The predicted molar refractivity (Wildman–Crippen MR) is 65.7 cm³/mol. The highest BCUT2D eigenvalue weighted by molar-refractivity contribution is 6.31. The van der Waals surface area contributed by atoms with E-state index in [1.807, 2.05) is 18.2 Å². The van der Waals surface area contributed by atoms with Gasteiger partial charge in [0.05, 0.1) is 0 Å². The molecule has 0 bridgehead atoms. The minimum Gasteiger partial charge on any atom is -0.340 e. The van der Waals surface area contributed by atoms with Crippen molar-refractivity contribution < 1.29 is 4.79 Å². The third-order valence-electron chi connectivity index (χ3n) is 2.48. The zero-order chi connectivity index (χ0) is 13.0. The van der Waals surface area contributed by atoms with Gasteiger partial charge >= 0.3 is 0 Å². The molecule has 0 atom stereocenters. The number of hydrogen-bond acceptors (Lipinski definition) is 4. The van der Waals surface area contributed by atoms with Crippen LogP contribution in [0.15, 0.2) is 30.6 Å². The van der Waals surface area contributed by atoms with Gasteiger partial charge in [-0.05, 0) is 22.1 Å². The van der Waals surface area contributed by atoms with E-state index >= 15 is 0 Å². The average molecular weight is 266 g/mol. The zero-order valence-corrected chi connectivity index (χ0v) is 10.6. The smallest absolute Gasteiger partial charge is 0.244 e. The molecule has 0 N–H and O–H groups in total. The van der Waals surface area contributed by atoms with Crippen LogP contribution in [0.1, 0.15) is 5.56 Å². The molecule has 1 aromatic heterocycles. The molecule has 7 heteroatoms. The van der Waals surface area contributed by atoms with Gasteiger partial charge in [0.25, 0.3) is 0 Å². The van der Waals surface area contributed by atoms with Crippen molar-refractivity contribution in [1.82, 2.24) is 25.1 Å². The van der Waals surface area contributed by atoms with E-state index < -0.39 is 0 Å². The molecule has 0 saturated heterocycles. The fourth-order valence-corrected chi connectivity index (χ4v) is 1.68. The Kier molecular flexibility index (Phi) is 3.88. The van der Waals surface area contributed by atoms with Crippen LogP contribution < -0.4 is 0 Å². The molecule has 0 aliphatic heterocycles. The van der Waals surface area contributed by atoms with Gasteiger partial charge in [0, 0.05) is 18.6 Å². The second-order valence-electron chi connectivity index (χ2n) is 3.85. The summed E-state index contributed by atoms with van der Waals surface area (Å²) in [6.07, 6.45) is 1.40. The van der Waals surface area contributed by atoms with E-state index in [2.05, 4.69) is 15.5 Å². The lowest BCUT2D eigenvalue weighted by Crippen LogP contribution is -2.30. The summed E-state index contributed by atoms with van der Waals surface area (Å²) < 4.78 is 1.38. The molecule has 1 aromatic carbocycles. The lowest BCUT2D eigenvalue weighted by molar-refractivity contribution is -0.131. The van der Waals surface area contributed by atoms with Gasteiger partial charge in [-0.3, -0.25) is 4.79 Å². The van der Waals surface area contributed by atoms with Crippen molar-refractivity contribution in [1.29, 1.82) is 0 Å². The van der Waals surface area contributed by atoms with Crippen LogP contribution in [-0.2, 0) is 17.9 Å². The van der Waals surface area contributed by atoms with E-state index in [1.165, 1.54) is 11.0 Å². The van der Waals surface area contributed by atoms with Crippen molar-refractivity contribution in [2.45, 2.75) is 13.1 Å². The molecule has 94 valence electrons. The first-order valence-corrected chi connectivity index (χ1v) is 5.73. The molecule has 1 amide bonds. The van der Waals surface area contributed by atoms with Gasteiger partial charge in [-0.1, -0.05) is 29.8 Å². The molecule has 2 rings (SSSR count). The van der Waals surface area contributed by atoms with Crippen LogP contribution in [0.5, 0.6) is 0 Å². The van der Waals surface area contributed by atoms with Crippen LogP contribution in [0, 0.1) is 0 Å². The number of carbonyl (C=O) groups excluding carboxylic acids is 1. The monoisotopic (exact) mass is 265 g/mol. The molecule has 1 heterocycles. The van der Waals surface area contributed by atoms with Gasteiger partial charge in [0.1, 0.15) is 12.9 Å². The van der Waals surface area contributed by atoms with Gasteiger partial charge in [-0.2, -0.15) is 0 Å². The maximum atomic E-state index is 11.9. The van der Waals surface area contributed by atoms with Crippen molar-refractivity contribution in [3.8, 4) is 0 Å². The molecule has 0 radical (unpaired) electrons. The topological polar surface area (TPSA) is 63.9 Å². The van der Waals surface area contributed by atoms with Crippen LogP contribution in [0.25, 0.3) is 0 Å². The summed E-state index contributed by atoms with van der Waals surface area (Å²) in [6.45, 7) is 0.578. The molecule has 0 aliphatic rings. The number of carbonyl (C=O) groups is 1. The molecular weight excluding hydrogens is 254 g/mol. The maximum absolute atomic E-state index is 11.9. The van der Waals surface area contributed by atoms with Crippen LogP contribution in [0.3, 0.4) is 0 Å². The second kappa shape index (κ2) is 5.59. The van der Waals surface area contributed by atoms with E-state index in [4.69, 9.17) is 11.6 Å². The van der Waals surface area contributed by atoms with E-state index in [0.717, 1.165) is 5.56 Å². The van der Waals surface area contributed by atoms with E-state index in [1.54, 1.807) is 18.0 Å². The molecule has 0 saturated carbocycles. The summed E-state index contributed by atoms with van der Waals surface area (Å²) in [5, 5.41) is 11.2. The van der Waals surface area contributed by atoms with Crippen molar-refractivity contribution in [3.63, 3.8) is 0 Å². The van der Waals surface area contributed by atoms with Gasteiger partial charge in [-0.25, -0.2) is 4.68 Å². The Morgan fingerprint density at radius 2 is 2.22 bits per heavy atom. The molecule has 0 aliphatic carbocycles. The lowest BCUT2D eigenvalue weighted by Gasteiger charge is -2.17. The third-order valence-corrected chi connectivity index (χ3v) is 2.85. The summed E-state index contributed by atoms with van der Waals surface area (Å²) in [7, 11) is 1.72.